The predicted molar refractivity (Wildman–Crippen MR) is 84.0 cm³/mol. The fourth-order valence-electron chi connectivity index (χ4n) is 3.48. The molecule has 0 unspecified atom stereocenters. The van der Waals surface area contributed by atoms with Crippen molar-refractivity contribution in [1.82, 2.24) is 9.88 Å². The first-order valence-corrected chi connectivity index (χ1v) is 7.81. The van der Waals surface area contributed by atoms with Gasteiger partial charge < -0.3 is 4.98 Å². The van der Waals surface area contributed by atoms with Crippen LogP contribution in [-0.4, -0.2) is 40.6 Å². The number of aryl methyl sites for hydroxylation is 1. The Labute approximate surface area is 126 Å². The molecule has 0 amide bonds. The summed E-state index contributed by atoms with van der Waals surface area (Å²) in [6.45, 7) is 11.4. The van der Waals surface area contributed by atoms with Crippen LogP contribution in [0.4, 0.5) is 0 Å². The van der Waals surface area contributed by atoms with Gasteiger partial charge in [-0.3, -0.25) is 14.5 Å². The Morgan fingerprint density at radius 1 is 1.33 bits per heavy atom. The lowest BCUT2D eigenvalue weighted by molar-refractivity contribution is 0.0759. The van der Waals surface area contributed by atoms with Crippen molar-refractivity contribution >= 4 is 11.6 Å². The lowest BCUT2D eigenvalue weighted by Crippen LogP contribution is -2.44. The van der Waals surface area contributed by atoms with Gasteiger partial charge in [0.05, 0.1) is 11.7 Å². The third kappa shape index (κ3) is 3.10. The molecule has 4 nitrogen and oxygen atoms in total. The maximum atomic E-state index is 12.8. The Morgan fingerprint density at radius 3 is 2.52 bits per heavy atom. The molecule has 0 aromatic carbocycles. The van der Waals surface area contributed by atoms with Crippen LogP contribution in [0.15, 0.2) is 0 Å². The van der Waals surface area contributed by atoms with Gasteiger partial charge in [-0.15, -0.1) is 0 Å². The quantitative estimate of drug-likeness (QED) is 0.867. The van der Waals surface area contributed by atoms with Crippen molar-refractivity contribution < 1.29 is 9.59 Å². The number of piperidine rings is 1. The zero-order chi connectivity index (χ0) is 15.7. The van der Waals surface area contributed by atoms with Gasteiger partial charge in [-0.05, 0) is 58.6 Å². The second kappa shape index (κ2) is 6.14. The Morgan fingerprint density at radius 2 is 2.00 bits per heavy atom. The van der Waals surface area contributed by atoms with Gasteiger partial charge >= 0.3 is 0 Å². The normalized spacial score (nSPS) is 21.3. The van der Waals surface area contributed by atoms with Gasteiger partial charge in [-0.1, -0.05) is 6.92 Å². The molecule has 116 valence electrons. The topological polar surface area (TPSA) is 53.2 Å². The van der Waals surface area contributed by atoms with Crippen LogP contribution in [0.25, 0.3) is 0 Å². The predicted octanol–water partition coefficient (Wildman–Crippen LogP) is 3.14. The number of hydrogen-bond acceptors (Lipinski definition) is 3. The summed E-state index contributed by atoms with van der Waals surface area (Å²) in [6, 6.07) is -0.135. The second-order valence-corrected chi connectivity index (χ2v) is 6.46. The second-order valence-electron chi connectivity index (χ2n) is 6.46. The highest BCUT2D eigenvalue weighted by molar-refractivity contribution is 6.05. The van der Waals surface area contributed by atoms with Crippen molar-refractivity contribution in [1.29, 1.82) is 0 Å². The monoisotopic (exact) mass is 290 g/mol. The van der Waals surface area contributed by atoms with Gasteiger partial charge in [0.25, 0.3) is 0 Å². The number of aromatic nitrogens is 1. The molecule has 1 aliphatic heterocycles. The van der Waals surface area contributed by atoms with E-state index in [0.717, 1.165) is 30.8 Å². The molecule has 2 atom stereocenters. The van der Waals surface area contributed by atoms with E-state index in [9.17, 15) is 9.59 Å². The molecular weight excluding hydrogens is 264 g/mol. The van der Waals surface area contributed by atoms with Crippen molar-refractivity contribution in [2.75, 3.05) is 13.1 Å². The molecule has 0 bridgehead atoms. The first kappa shape index (κ1) is 16.0. The van der Waals surface area contributed by atoms with Crippen LogP contribution in [0.2, 0.25) is 0 Å². The summed E-state index contributed by atoms with van der Waals surface area (Å²) in [5, 5.41) is 0. The zero-order valence-electron chi connectivity index (χ0n) is 13.7. The van der Waals surface area contributed by atoms with Gasteiger partial charge in [0, 0.05) is 17.8 Å². The molecule has 0 aliphatic carbocycles. The highest BCUT2D eigenvalue weighted by atomic mass is 16.1. The van der Waals surface area contributed by atoms with Crippen LogP contribution in [0, 0.1) is 19.8 Å². The number of aromatic amines is 1. The number of carbonyl (C=O) groups is 2. The minimum absolute atomic E-state index is 0.0135. The maximum Gasteiger partial charge on any atom is 0.196 e. The number of rotatable bonds is 4. The van der Waals surface area contributed by atoms with Gasteiger partial charge in [0.15, 0.2) is 11.6 Å². The minimum Gasteiger partial charge on any atom is -0.355 e. The molecule has 0 spiro atoms. The Hall–Kier alpha value is -1.42. The lowest BCUT2D eigenvalue weighted by atomic mass is 9.96. The molecule has 4 heteroatoms. The molecule has 2 rings (SSSR count). The molecule has 1 aromatic rings. The van der Waals surface area contributed by atoms with Crippen molar-refractivity contribution in [2.24, 2.45) is 5.92 Å². The summed E-state index contributed by atoms with van der Waals surface area (Å²) in [7, 11) is 0. The number of nitrogens with one attached hydrogen (secondary N) is 1. The molecule has 21 heavy (non-hydrogen) atoms. The maximum absolute atomic E-state index is 12.8. The molecular formula is C17H26N2O2. The van der Waals surface area contributed by atoms with Gasteiger partial charge in [0.1, 0.15) is 0 Å². The molecule has 1 aliphatic rings. The summed E-state index contributed by atoms with van der Waals surface area (Å²) >= 11 is 0. The van der Waals surface area contributed by atoms with E-state index in [0.29, 0.717) is 17.2 Å². The number of carbonyl (C=O) groups excluding carboxylic acids is 2. The largest absolute Gasteiger partial charge is 0.355 e. The van der Waals surface area contributed by atoms with Crippen LogP contribution < -0.4 is 0 Å². The molecule has 0 radical (unpaired) electrons. The van der Waals surface area contributed by atoms with Crippen LogP contribution in [0.5, 0.6) is 0 Å². The zero-order valence-corrected chi connectivity index (χ0v) is 13.7. The number of H-pyrrole nitrogens is 1. The smallest absolute Gasteiger partial charge is 0.196 e. The molecule has 2 heterocycles. The molecule has 1 fully saturated rings. The van der Waals surface area contributed by atoms with E-state index in [1.807, 2.05) is 20.8 Å². The average molecular weight is 290 g/mol. The fraction of sp³-hybridized carbons (Fsp3) is 0.647. The Kier molecular flexibility index (Phi) is 4.67. The van der Waals surface area contributed by atoms with Gasteiger partial charge in [-0.25, -0.2) is 0 Å². The third-order valence-corrected chi connectivity index (χ3v) is 4.65. The van der Waals surface area contributed by atoms with E-state index in [2.05, 4.69) is 16.8 Å². The Balaban J connectivity index is 2.23. The fourth-order valence-corrected chi connectivity index (χ4v) is 3.48. The van der Waals surface area contributed by atoms with Crippen molar-refractivity contribution in [2.45, 2.75) is 53.5 Å². The molecule has 1 N–H and O–H groups in total. The van der Waals surface area contributed by atoms with Gasteiger partial charge in [0.2, 0.25) is 0 Å². The van der Waals surface area contributed by atoms with Crippen molar-refractivity contribution in [3.05, 3.63) is 22.5 Å². The highest BCUT2D eigenvalue weighted by Crippen LogP contribution is 2.23. The Bertz CT molecular complexity index is 559. The third-order valence-electron chi connectivity index (χ3n) is 4.65. The number of nitrogens with zero attached hydrogens (tertiary/aromatic N) is 1. The van der Waals surface area contributed by atoms with E-state index in [-0.39, 0.29) is 17.6 Å². The van der Waals surface area contributed by atoms with Crippen LogP contribution in [0.1, 0.15) is 65.7 Å². The first-order chi connectivity index (χ1) is 9.82. The van der Waals surface area contributed by atoms with E-state index in [1.165, 1.54) is 6.42 Å². The summed E-state index contributed by atoms with van der Waals surface area (Å²) in [5.74, 6) is 0.755. The SMILES string of the molecule is CC(=O)c1c(C)[nH]c(C(=O)[C@@H](C)N2CCC[C@@H](C)C2)c1C. The number of ketones is 2. The summed E-state index contributed by atoms with van der Waals surface area (Å²) in [6.07, 6.45) is 2.40. The summed E-state index contributed by atoms with van der Waals surface area (Å²) < 4.78 is 0. The number of hydrogen-bond donors (Lipinski definition) is 1. The van der Waals surface area contributed by atoms with Crippen LogP contribution in [0.3, 0.4) is 0 Å². The van der Waals surface area contributed by atoms with E-state index < -0.39 is 0 Å². The van der Waals surface area contributed by atoms with E-state index in [1.54, 1.807) is 6.92 Å². The summed E-state index contributed by atoms with van der Waals surface area (Å²) in [5.41, 5.74) is 2.85. The van der Waals surface area contributed by atoms with E-state index in [4.69, 9.17) is 0 Å². The lowest BCUT2D eigenvalue weighted by Gasteiger charge is -2.34. The summed E-state index contributed by atoms with van der Waals surface area (Å²) in [4.78, 5) is 29.9. The molecule has 1 saturated heterocycles. The van der Waals surface area contributed by atoms with Crippen LogP contribution >= 0.6 is 0 Å². The molecule has 0 saturated carbocycles. The van der Waals surface area contributed by atoms with E-state index >= 15 is 0 Å². The average Bonchev–Trinajstić information content (AvgIpc) is 2.72. The standard InChI is InChI=1S/C17H26N2O2/c1-10-7-6-8-19(9-10)13(4)17(21)16-11(2)15(14(5)20)12(3)18-16/h10,13,18H,6-9H2,1-5H3/t10-,13-/m1/s1. The van der Waals surface area contributed by atoms with Crippen molar-refractivity contribution in [3.63, 3.8) is 0 Å². The number of likely N-dealkylation sites (tertiary alicyclic amines) is 1. The minimum atomic E-state index is -0.135. The number of Topliss-reactive ketones (excluding diaryl/α,β-unsaturated/α-hetero) is 2. The van der Waals surface area contributed by atoms with Gasteiger partial charge in [-0.2, -0.15) is 0 Å². The highest BCUT2D eigenvalue weighted by Gasteiger charge is 2.29. The van der Waals surface area contributed by atoms with Crippen LogP contribution in [-0.2, 0) is 0 Å². The molecule has 1 aromatic heterocycles. The van der Waals surface area contributed by atoms with Crippen molar-refractivity contribution in [3.8, 4) is 0 Å². The first-order valence-electron chi connectivity index (χ1n) is 7.81.